The average molecular weight is 349 g/mol. The first-order valence-electron chi connectivity index (χ1n) is 6.90. The highest BCUT2D eigenvalue weighted by Gasteiger charge is 2.18. The van der Waals surface area contributed by atoms with Crippen molar-refractivity contribution in [2.75, 3.05) is 0 Å². The van der Waals surface area contributed by atoms with Gasteiger partial charge in [0.25, 0.3) is 10.0 Å². The van der Waals surface area contributed by atoms with Gasteiger partial charge in [-0.25, -0.2) is 13.1 Å². The molecule has 0 radical (unpaired) electrons. The summed E-state index contributed by atoms with van der Waals surface area (Å²) in [7, 11) is -3.56. The molecule has 8 heteroatoms. The van der Waals surface area contributed by atoms with Crippen LogP contribution in [0.2, 0.25) is 0 Å². The van der Waals surface area contributed by atoms with Gasteiger partial charge in [-0.05, 0) is 32.0 Å². The molecule has 1 N–H and O–H groups in total. The standard InChI is InChI=1S/C15H15N3O3S2/c1-10-4-3-5-12(8-10)15-17-13(21-18-15)9-16-23(19,20)14-7-6-11(2)22-14/h3-8,16H,9H2,1-2H3. The Kier molecular flexibility index (Phi) is 4.29. The molecular formula is C15H15N3O3S2. The number of hydrogen-bond donors (Lipinski definition) is 1. The zero-order chi connectivity index (χ0) is 16.4. The largest absolute Gasteiger partial charge is 0.338 e. The lowest BCUT2D eigenvalue weighted by atomic mass is 10.1. The van der Waals surface area contributed by atoms with Crippen LogP contribution in [0.1, 0.15) is 16.3 Å². The second-order valence-electron chi connectivity index (χ2n) is 5.07. The first-order valence-corrected chi connectivity index (χ1v) is 9.20. The molecule has 0 aliphatic heterocycles. The summed E-state index contributed by atoms with van der Waals surface area (Å²) < 4.78 is 32.1. The summed E-state index contributed by atoms with van der Waals surface area (Å²) in [6.45, 7) is 3.79. The number of aromatic nitrogens is 2. The molecule has 6 nitrogen and oxygen atoms in total. The van der Waals surface area contributed by atoms with Crippen LogP contribution in [0.25, 0.3) is 11.4 Å². The summed E-state index contributed by atoms with van der Waals surface area (Å²) in [5.74, 6) is 0.660. The van der Waals surface area contributed by atoms with Crippen LogP contribution in [0, 0.1) is 13.8 Å². The number of benzene rings is 1. The van der Waals surface area contributed by atoms with Crippen LogP contribution in [-0.4, -0.2) is 18.6 Å². The Bertz CT molecular complexity index is 929. The van der Waals surface area contributed by atoms with Crippen molar-refractivity contribution in [3.63, 3.8) is 0 Å². The SMILES string of the molecule is Cc1cccc(-c2noc(CNS(=O)(=O)c3ccc(C)s3)n2)c1. The third-order valence-electron chi connectivity index (χ3n) is 3.14. The molecule has 120 valence electrons. The molecule has 2 aromatic heterocycles. The maximum Gasteiger partial charge on any atom is 0.250 e. The smallest absolute Gasteiger partial charge is 0.250 e. The summed E-state index contributed by atoms with van der Waals surface area (Å²) in [6, 6.07) is 11.0. The van der Waals surface area contributed by atoms with Gasteiger partial charge in [0.2, 0.25) is 11.7 Å². The van der Waals surface area contributed by atoms with Gasteiger partial charge < -0.3 is 4.52 Å². The number of rotatable bonds is 5. The van der Waals surface area contributed by atoms with Crippen molar-refractivity contribution in [3.8, 4) is 11.4 Å². The first kappa shape index (κ1) is 15.9. The molecule has 0 bridgehead atoms. The van der Waals surface area contributed by atoms with E-state index in [1.807, 2.05) is 38.1 Å². The average Bonchev–Trinajstić information content (AvgIpc) is 3.14. The monoisotopic (exact) mass is 349 g/mol. The number of nitrogens with one attached hydrogen (secondary N) is 1. The third kappa shape index (κ3) is 3.66. The summed E-state index contributed by atoms with van der Waals surface area (Å²) in [6.07, 6.45) is 0. The minimum absolute atomic E-state index is 0.0436. The van der Waals surface area contributed by atoms with E-state index in [0.29, 0.717) is 5.82 Å². The highest BCUT2D eigenvalue weighted by atomic mass is 32.2. The van der Waals surface area contributed by atoms with E-state index in [1.165, 1.54) is 11.3 Å². The second kappa shape index (κ2) is 6.23. The predicted molar refractivity (Wildman–Crippen MR) is 87.6 cm³/mol. The molecule has 0 atom stereocenters. The summed E-state index contributed by atoms with van der Waals surface area (Å²) in [5, 5.41) is 3.89. The lowest BCUT2D eigenvalue weighted by molar-refractivity contribution is 0.376. The van der Waals surface area contributed by atoms with E-state index in [9.17, 15) is 8.42 Å². The third-order valence-corrected chi connectivity index (χ3v) is 6.03. The normalized spacial score (nSPS) is 11.7. The van der Waals surface area contributed by atoms with Crippen molar-refractivity contribution in [1.29, 1.82) is 0 Å². The van der Waals surface area contributed by atoms with Crippen molar-refractivity contribution in [2.45, 2.75) is 24.6 Å². The topological polar surface area (TPSA) is 85.1 Å². The molecule has 1 aromatic carbocycles. The van der Waals surface area contributed by atoms with Gasteiger partial charge in [0.15, 0.2) is 0 Å². The van der Waals surface area contributed by atoms with E-state index in [-0.39, 0.29) is 16.6 Å². The Balaban J connectivity index is 1.72. The minimum atomic E-state index is -3.56. The molecule has 0 saturated heterocycles. The van der Waals surface area contributed by atoms with Gasteiger partial charge in [0.05, 0.1) is 6.54 Å². The van der Waals surface area contributed by atoms with Gasteiger partial charge >= 0.3 is 0 Å². The Hall–Kier alpha value is -2.03. The van der Waals surface area contributed by atoms with Crippen LogP contribution < -0.4 is 4.72 Å². The van der Waals surface area contributed by atoms with Crippen LogP contribution in [0.3, 0.4) is 0 Å². The lowest BCUT2D eigenvalue weighted by Gasteiger charge is -2.00. The number of thiophene rings is 1. The van der Waals surface area contributed by atoms with E-state index in [0.717, 1.165) is 16.0 Å². The summed E-state index contributed by atoms with van der Waals surface area (Å²) in [4.78, 5) is 5.16. The quantitative estimate of drug-likeness (QED) is 0.765. The molecular weight excluding hydrogens is 334 g/mol. The molecule has 0 spiro atoms. The van der Waals surface area contributed by atoms with E-state index in [2.05, 4.69) is 14.9 Å². The van der Waals surface area contributed by atoms with Crippen molar-refractivity contribution in [2.24, 2.45) is 0 Å². The van der Waals surface area contributed by atoms with Gasteiger partial charge in [-0.1, -0.05) is 28.9 Å². The lowest BCUT2D eigenvalue weighted by Crippen LogP contribution is -2.22. The molecule has 0 amide bonds. The van der Waals surface area contributed by atoms with Gasteiger partial charge in [0, 0.05) is 10.4 Å². The van der Waals surface area contributed by atoms with Crippen LogP contribution >= 0.6 is 11.3 Å². The van der Waals surface area contributed by atoms with Gasteiger partial charge in [-0.3, -0.25) is 0 Å². The Labute approximate surface area is 138 Å². The van der Waals surface area contributed by atoms with Crippen LogP contribution in [0.15, 0.2) is 45.1 Å². The van der Waals surface area contributed by atoms with Crippen molar-refractivity contribution in [1.82, 2.24) is 14.9 Å². The molecule has 0 fully saturated rings. The Morgan fingerprint density at radius 1 is 1.22 bits per heavy atom. The zero-order valence-electron chi connectivity index (χ0n) is 12.6. The van der Waals surface area contributed by atoms with Gasteiger partial charge in [-0.2, -0.15) is 4.98 Å². The Morgan fingerprint density at radius 3 is 2.74 bits per heavy atom. The van der Waals surface area contributed by atoms with Crippen molar-refractivity contribution >= 4 is 21.4 Å². The number of nitrogens with zero attached hydrogens (tertiary/aromatic N) is 2. The van der Waals surface area contributed by atoms with Crippen molar-refractivity contribution < 1.29 is 12.9 Å². The fourth-order valence-corrected chi connectivity index (χ4v) is 4.31. The first-order chi connectivity index (χ1) is 10.9. The number of sulfonamides is 1. The highest BCUT2D eigenvalue weighted by Crippen LogP contribution is 2.21. The summed E-state index contributed by atoms with van der Waals surface area (Å²) >= 11 is 1.22. The van der Waals surface area contributed by atoms with E-state index < -0.39 is 10.0 Å². The molecule has 3 aromatic rings. The zero-order valence-corrected chi connectivity index (χ0v) is 14.2. The fourth-order valence-electron chi connectivity index (χ4n) is 2.01. The van der Waals surface area contributed by atoms with E-state index in [1.54, 1.807) is 12.1 Å². The molecule has 0 unspecified atom stereocenters. The number of aryl methyl sites for hydroxylation is 2. The van der Waals surface area contributed by atoms with Gasteiger partial charge in [0.1, 0.15) is 4.21 Å². The molecule has 3 rings (SSSR count). The second-order valence-corrected chi connectivity index (χ2v) is 8.35. The van der Waals surface area contributed by atoms with Crippen LogP contribution in [0.5, 0.6) is 0 Å². The maximum absolute atomic E-state index is 12.1. The summed E-state index contributed by atoms with van der Waals surface area (Å²) in [5.41, 5.74) is 1.92. The van der Waals surface area contributed by atoms with Crippen molar-refractivity contribution in [3.05, 3.63) is 52.7 Å². The van der Waals surface area contributed by atoms with Gasteiger partial charge in [-0.15, -0.1) is 11.3 Å². The molecule has 0 aliphatic carbocycles. The molecule has 2 heterocycles. The molecule has 0 aliphatic rings. The predicted octanol–water partition coefficient (Wildman–Crippen LogP) is 2.89. The highest BCUT2D eigenvalue weighted by molar-refractivity contribution is 7.91. The minimum Gasteiger partial charge on any atom is -0.338 e. The van der Waals surface area contributed by atoms with Crippen LogP contribution in [0.4, 0.5) is 0 Å². The Morgan fingerprint density at radius 2 is 2.04 bits per heavy atom. The molecule has 23 heavy (non-hydrogen) atoms. The van der Waals surface area contributed by atoms with Crippen LogP contribution in [-0.2, 0) is 16.6 Å². The molecule has 0 saturated carbocycles. The number of hydrogen-bond acceptors (Lipinski definition) is 6. The van der Waals surface area contributed by atoms with E-state index in [4.69, 9.17) is 4.52 Å². The van der Waals surface area contributed by atoms with E-state index >= 15 is 0 Å². The fraction of sp³-hybridized carbons (Fsp3) is 0.200. The maximum atomic E-state index is 12.1.